The minimum Gasteiger partial charge on any atom is -0.496 e. The fourth-order valence-corrected chi connectivity index (χ4v) is 7.06. The highest BCUT2D eigenvalue weighted by Crippen LogP contribution is 2.30. The van der Waals surface area contributed by atoms with Crippen molar-refractivity contribution in [1.82, 2.24) is 0 Å². The molecule has 342 valence electrons. The molecular formula is C45H39Cl5N8O8. The maximum absolute atomic E-state index is 13.4. The number of anilines is 4. The molecule has 0 saturated carbocycles. The number of nitrogens with zero attached hydrogens (tertiary/aromatic N) is 4. The van der Waals surface area contributed by atoms with Crippen molar-refractivity contribution in [2.24, 2.45) is 20.5 Å². The summed E-state index contributed by atoms with van der Waals surface area (Å²) in [5.74, 6) is -2.87. The highest BCUT2D eigenvalue weighted by molar-refractivity contribution is 6.35. The molecule has 0 aromatic heterocycles. The van der Waals surface area contributed by atoms with E-state index in [0.717, 1.165) is 13.8 Å². The third kappa shape index (κ3) is 13.1. The lowest BCUT2D eigenvalue weighted by Gasteiger charge is -2.15. The summed E-state index contributed by atoms with van der Waals surface area (Å²) in [7, 11) is 3.01. The van der Waals surface area contributed by atoms with Crippen molar-refractivity contribution in [2.45, 2.75) is 43.6 Å². The summed E-state index contributed by atoms with van der Waals surface area (Å²) >= 11 is 30.9. The van der Waals surface area contributed by atoms with Crippen LogP contribution in [0.15, 0.2) is 111 Å². The van der Waals surface area contributed by atoms with Gasteiger partial charge in [-0.25, -0.2) is 0 Å². The summed E-state index contributed by atoms with van der Waals surface area (Å²) in [6.07, 6.45) is 0. The number of Topliss-reactive ketones (excluding diaryl/α,β-unsaturated/α-hetero) is 2. The lowest BCUT2D eigenvalue weighted by atomic mass is 10.1. The first-order valence-corrected chi connectivity index (χ1v) is 21.8. The Labute approximate surface area is 403 Å². The van der Waals surface area contributed by atoms with E-state index in [2.05, 4.69) is 41.7 Å². The number of rotatable bonds is 19. The van der Waals surface area contributed by atoms with Gasteiger partial charge in [0.15, 0.2) is 11.6 Å². The Morgan fingerprint density at radius 3 is 1.32 bits per heavy atom. The topological polar surface area (TPSA) is 218 Å². The Hall–Kier alpha value is -6.43. The number of benzene rings is 5. The van der Waals surface area contributed by atoms with Crippen molar-refractivity contribution < 1.29 is 38.2 Å². The molecule has 5 aromatic rings. The van der Waals surface area contributed by atoms with Gasteiger partial charge in [-0.2, -0.15) is 20.5 Å². The van der Waals surface area contributed by atoms with E-state index >= 15 is 0 Å². The Kier molecular flexibility index (Phi) is 18.1. The van der Waals surface area contributed by atoms with Crippen LogP contribution in [0.2, 0.25) is 10.0 Å². The number of halogens is 5. The first kappa shape index (κ1) is 50.6. The maximum atomic E-state index is 13.4. The summed E-state index contributed by atoms with van der Waals surface area (Å²) in [6, 6.07) is 19.4. The number of ether oxygens (including phenoxy) is 2. The molecule has 0 bridgehead atoms. The Morgan fingerprint density at radius 2 is 0.909 bits per heavy atom. The van der Waals surface area contributed by atoms with E-state index in [1.807, 2.05) is 0 Å². The average molecular weight is 997 g/mol. The van der Waals surface area contributed by atoms with Crippen LogP contribution in [0.3, 0.4) is 0 Å². The molecule has 5 rings (SSSR count). The van der Waals surface area contributed by atoms with Crippen LogP contribution < -0.4 is 30.7 Å². The fourth-order valence-electron chi connectivity index (χ4n) is 6.02. The highest BCUT2D eigenvalue weighted by atomic mass is 35.5. The molecule has 0 fully saturated rings. The van der Waals surface area contributed by atoms with Crippen LogP contribution in [0, 0.1) is 0 Å². The Balaban J connectivity index is 1.25. The van der Waals surface area contributed by atoms with Crippen molar-refractivity contribution in [3.8, 4) is 11.5 Å². The first-order valence-electron chi connectivity index (χ1n) is 19.4. The smallest absolute Gasteiger partial charge is 0.258 e. The van der Waals surface area contributed by atoms with E-state index in [9.17, 15) is 28.8 Å². The quantitative estimate of drug-likeness (QED) is 0.0353. The summed E-state index contributed by atoms with van der Waals surface area (Å²) < 4.78 is 10.5. The third-order valence-corrected chi connectivity index (χ3v) is 10.9. The van der Waals surface area contributed by atoms with E-state index < -0.39 is 47.3 Å². The van der Waals surface area contributed by atoms with Gasteiger partial charge in [0.05, 0.1) is 58.5 Å². The SMILES string of the molecule is COc1ccc(NC(=O)c2cc(N=NC(C(C)=O)C(=O)Nc3ccc(NC(=O)C(N=Nc4ccc(Cl)c(C(=O)Nc5ccc(OC)c(CCl)c5)c4)C(C)=O)c(CCl)c3)ccc2Cl)cc1CCl. The van der Waals surface area contributed by atoms with E-state index in [0.29, 0.717) is 39.6 Å². The number of carbonyl (C=O) groups excluding carboxylic acids is 6. The van der Waals surface area contributed by atoms with Gasteiger partial charge in [0, 0.05) is 39.8 Å². The molecule has 5 aromatic carbocycles. The second kappa shape index (κ2) is 23.7. The lowest BCUT2D eigenvalue weighted by molar-refractivity contribution is -0.127. The van der Waals surface area contributed by atoms with E-state index in [4.69, 9.17) is 67.5 Å². The molecule has 0 spiro atoms. The van der Waals surface area contributed by atoms with Crippen molar-refractivity contribution in [2.75, 3.05) is 35.5 Å². The van der Waals surface area contributed by atoms with Gasteiger partial charge >= 0.3 is 0 Å². The number of hydrogen-bond donors (Lipinski definition) is 4. The lowest BCUT2D eigenvalue weighted by Crippen LogP contribution is -2.32. The number of methoxy groups -OCH3 is 2. The summed E-state index contributed by atoms with van der Waals surface area (Å²) in [6.45, 7) is 2.31. The summed E-state index contributed by atoms with van der Waals surface area (Å²) in [5, 5.41) is 26.9. The third-order valence-electron chi connectivity index (χ3n) is 9.37. The average Bonchev–Trinajstić information content (AvgIpc) is 3.30. The number of azo groups is 2. The number of hydrogen-bond acceptors (Lipinski definition) is 12. The Bertz CT molecular complexity index is 2750. The molecule has 0 aliphatic rings. The van der Waals surface area contributed by atoms with Crippen molar-refractivity contribution in [1.29, 1.82) is 0 Å². The van der Waals surface area contributed by atoms with Crippen LogP contribution >= 0.6 is 58.0 Å². The van der Waals surface area contributed by atoms with Gasteiger partial charge in [0.1, 0.15) is 11.5 Å². The predicted octanol–water partition coefficient (Wildman–Crippen LogP) is 11.1. The van der Waals surface area contributed by atoms with E-state index in [1.165, 1.54) is 68.8 Å². The van der Waals surface area contributed by atoms with Gasteiger partial charge in [0.25, 0.3) is 23.6 Å². The van der Waals surface area contributed by atoms with Crippen LogP contribution in [0.25, 0.3) is 0 Å². The first-order chi connectivity index (χ1) is 31.6. The maximum Gasteiger partial charge on any atom is 0.258 e. The van der Waals surface area contributed by atoms with Gasteiger partial charge in [-0.1, -0.05) is 23.2 Å². The van der Waals surface area contributed by atoms with Crippen LogP contribution in [-0.2, 0) is 36.8 Å². The predicted molar refractivity (Wildman–Crippen MR) is 255 cm³/mol. The molecular weight excluding hydrogens is 958 g/mol. The normalized spacial score (nSPS) is 12.0. The van der Waals surface area contributed by atoms with Crippen molar-refractivity contribution >= 4 is 127 Å². The van der Waals surface area contributed by atoms with Gasteiger partial charge < -0.3 is 30.7 Å². The van der Waals surface area contributed by atoms with E-state index in [1.54, 1.807) is 36.4 Å². The number of alkyl halides is 3. The number of ketones is 2. The van der Waals surface area contributed by atoms with E-state index in [-0.39, 0.29) is 61.6 Å². The molecule has 4 amide bonds. The fraction of sp³-hybridized carbons (Fsp3) is 0.200. The number of nitrogens with one attached hydrogen (secondary N) is 4. The van der Waals surface area contributed by atoms with Crippen LogP contribution in [0.1, 0.15) is 51.3 Å². The molecule has 0 saturated heterocycles. The summed E-state index contributed by atoms with van der Waals surface area (Å²) in [5.41, 5.74) is 3.22. The highest BCUT2D eigenvalue weighted by Gasteiger charge is 2.26. The van der Waals surface area contributed by atoms with Gasteiger partial charge in [-0.3, -0.25) is 28.8 Å². The van der Waals surface area contributed by atoms with Crippen LogP contribution in [-0.4, -0.2) is 61.5 Å². The zero-order valence-electron chi connectivity index (χ0n) is 35.4. The molecule has 0 aliphatic heterocycles. The zero-order valence-corrected chi connectivity index (χ0v) is 39.2. The van der Waals surface area contributed by atoms with Crippen molar-refractivity contribution in [3.05, 3.63) is 129 Å². The van der Waals surface area contributed by atoms with Crippen LogP contribution in [0.4, 0.5) is 34.1 Å². The second-order valence-electron chi connectivity index (χ2n) is 14.0. The van der Waals surface area contributed by atoms with Crippen molar-refractivity contribution in [3.63, 3.8) is 0 Å². The molecule has 0 radical (unpaired) electrons. The Morgan fingerprint density at radius 1 is 0.515 bits per heavy atom. The molecule has 2 unspecified atom stereocenters. The zero-order chi connectivity index (χ0) is 48.1. The van der Waals surface area contributed by atoms with Crippen LogP contribution in [0.5, 0.6) is 11.5 Å². The molecule has 4 N–H and O–H groups in total. The molecule has 0 aliphatic carbocycles. The summed E-state index contributed by atoms with van der Waals surface area (Å²) in [4.78, 5) is 78.3. The minimum absolute atomic E-state index is 0.0437. The molecule has 21 heteroatoms. The molecule has 2 atom stereocenters. The van der Waals surface area contributed by atoms with Gasteiger partial charge in [0.2, 0.25) is 12.1 Å². The standard InChI is InChI=1S/C45H39Cl5N8O8/c1-23(59)40(57-55-31-5-10-35(49)33(18-31)42(61)51-29-8-13-38(65-3)26(16-29)21-47)44(63)53-28-7-12-37(25(15-28)20-46)54-45(64)41(24(2)60)58-56-32-6-11-36(50)34(19-32)43(62)52-30-9-14-39(66-4)27(17-30)22-48/h5-19,40-41H,20-22H2,1-4H3,(H,51,61)(H,52,62)(H,53,63)(H,54,64). The largest absolute Gasteiger partial charge is 0.496 e. The minimum atomic E-state index is -1.61. The number of amides is 4. The monoisotopic (exact) mass is 994 g/mol. The molecule has 16 nitrogen and oxygen atoms in total. The van der Waals surface area contributed by atoms with Gasteiger partial charge in [-0.05, 0) is 110 Å². The molecule has 66 heavy (non-hydrogen) atoms. The number of carbonyl (C=O) groups is 6. The van der Waals surface area contributed by atoms with Gasteiger partial charge in [-0.15, -0.1) is 34.8 Å². The molecule has 0 heterocycles. The second-order valence-corrected chi connectivity index (χ2v) is 15.6.